The van der Waals surface area contributed by atoms with Gasteiger partial charge in [0.2, 0.25) is 0 Å². The molecule has 1 fully saturated rings. The van der Waals surface area contributed by atoms with Crippen LogP contribution in [-0.2, 0) is 9.84 Å². The summed E-state index contributed by atoms with van der Waals surface area (Å²) in [4.78, 5) is 11.6. The Balaban J connectivity index is 1.85. The van der Waals surface area contributed by atoms with Gasteiger partial charge in [0.25, 0.3) is 5.91 Å². The summed E-state index contributed by atoms with van der Waals surface area (Å²) in [6, 6.07) is 1.54. The molecule has 1 N–H and O–H groups in total. The van der Waals surface area contributed by atoms with Crippen LogP contribution in [0.15, 0.2) is 10.6 Å². The lowest BCUT2D eigenvalue weighted by Crippen LogP contribution is -2.30. The molecule has 0 bridgehead atoms. The predicted octanol–water partition coefficient (Wildman–Crippen LogP) is 0.148. The number of nitrogens with zero attached hydrogens (tertiary/aromatic N) is 1. The highest BCUT2D eigenvalue weighted by molar-refractivity contribution is 7.91. The van der Waals surface area contributed by atoms with E-state index in [-0.39, 0.29) is 29.0 Å². The van der Waals surface area contributed by atoms with Gasteiger partial charge in [-0.2, -0.15) is 0 Å². The first-order valence-corrected chi connectivity index (χ1v) is 7.20. The molecule has 2 rings (SSSR count). The zero-order valence-corrected chi connectivity index (χ0v) is 10.3. The maximum atomic E-state index is 11.6. The maximum Gasteiger partial charge on any atom is 0.273 e. The third-order valence-corrected chi connectivity index (χ3v) is 4.58. The van der Waals surface area contributed by atoms with Crippen LogP contribution in [0.5, 0.6) is 0 Å². The molecule has 1 saturated heterocycles. The van der Waals surface area contributed by atoms with E-state index >= 15 is 0 Å². The molecule has 1 aliphatic heterocycles. The van der Waals surface area contributed by atoms with Gasteiger partial charge in [-0.3, -0.25) is 4.79 Å². The van der Waals surface area contributed by atoms with Crippen LogP contribution in [0.4, 0.5) is 0 Å². The van der Waals surface area contributed by atoms with Crippen LogP contribution >= 0.6 is 0 Å². The Morgan fingerprint density at radius 1 is 1.65 bits per heavy atom. The Labute approximate surface area is 99.3 Å². The number of rotatable bonds is 3. The lowest BCUT2D eigenvalue weighted by Gasteiger charge is -2.07. The van der Waals surface area contributed by atoms with Crippen molar-refractivity contribution in [2.45, 2.75) is 13.3 Å². The number of aromatic nitrogens is 1. The molecule has 6 nitrogen and oxygen atoms in total. The minimum atomic E-state index is -2.89. The van der Waals surface area contributed by atoms with Crippen molar-refractivity contribution >= 4 is 15.7 Å². The minimum Gasteiger partial charge on any atom is -0.361 e. The molecule has 1 aliphatic rings. The van der Waals surface area contributed by atoms with E-state index in [9.17, 15) is 13.2 Å². The van der Waals surface area contributed by atoms with Crippen molar-refractivity contribution in [2.75, 3.05) is 18.1 Å². The normalized spacial score (nSPS) is 22.5. The second-order valence-electron chi connectivity index (χ2n) is 4.30. The van der Waals surface area contributed by atoms with Crippen LogP contribution in [0.1, 0.15) is 22.7 Å². The summed E-state index contributed by atoms with van der Waals surface area (Å²) in [7, 11) is -2.89. The molecule has 1 aromatic rings. The lowest BCUT2D eigenvalue weighted by atomic mass is 10.1. The second kappa shape index (κ2) is 4.48. The number of aryl methyl sites for hydroxylation is 1. The van der Waals surface area contributed by atoms with Gasteiger partial charge in [0.15, 0.2) is 15.5 Å². The van der Waals surface area contributed by atoms with Gasteiger partial charge < -0.3 is 9.84 Å². The summed E-state index contributed by atoms with van der Waals surface area (Å²) in [6.45, 7) is 2.07. The fraction of sp³-hybridized carbons (Fsp3) is 0.600. The Kier molecular flexibility index (Phi) is 3.19. The van der Waals surface area contributed by atoms with Gasteiger partial charge in [0, 0.05) is 12.6 Å². The fourth-order valence-corrected chi connectivity index (χ4v) is 3.70. The van der Waals surface area contributed by atoms with E-state index in [2.05, 4.69) is 10.5 Å². The number of nitrogens with one attached hydrogen (secondary N) is 1. The number of carbonyl (C=O) groups is 1. The number of sulfone groups is 1. The number of hydrogen-bond acceptors (Lipinski definition) is 5. The number of hydrogen-bond donors (Lipinski definition) is 1. The van der Waals surface area contributed by atoms with E-state index in [1.807, 2.05) is 0 Å². The standard InChI is InChI=1S/C10H14N2O4S/c1-7-4-9(12-16-7)10(13)11-5-8-2-3-17(14,15)6-8/h4,8H,2-3,5-6H2,1H3,(H,11,13). The molecule has 94 valence electrons. The van der Waals surface area contributed by atoms with Gasteiger partial charge in [-0.25, -0.2) is 8.42 Å². The summed E-state index contributed by atoms with van der Waals surface area (Å²) in [5.74, 6) is 0.628. The molecule has 1 aromatic heterocycles. The van der Waals surface area contributed by atoms with Crippen molar-refractivity contribution in [2.24, 2.45) is 5.92 Å². The molecule has 1 atom stereocenters. The molecular formula is C10H14N2O4S. The second-order valence-corrected chi connectivity index (χ2v) is 6.53. The SMILES string of the molecule is Cc1cc(C(=O)NCC2CCS(=O)(=O)C2)no1. The quantitative estimate of drug-likeness (QED) is 0.833. The Morgan fingerprint density at radius 3 is 2.94 bits per heavy atom. The summed E-state index contributed by atoms with van der Waals surface area (Å²) in [6.07, 6.45) is 0.612. The summed E-state index contributed by atoms with van der Waals surface area (Å²) in [5.41, 5.74) is 0.225. The molecule has 17 heavy (non-hydrogen) atoms. The van der Waals surface area contributed by atoms with E-state index in [1.54, 1.807) is 13.0 Å². The third kappa shape index (κ3) is 3.06. The molecule has 0 aliphatic carbocycles. The topological polar surface area (TPSA) is 89.3 Å². The largest absolute Gasteiger partial charge is 0.361 e. The highest BCUT2D eigenvalue weighted by Gasteiger charge is 2.28. The summed E-state index contributed by atoms with van der Waals surface area (Å²) < 4.78 is 27.2. The Hall–Kier alpha value is -1.37. The van der Waals surface area contributed by atoms with Crippen molar-refractivity contribution in [3.63, 3.8) is 0 Å². The average molecular weight is 258 g/mol. The first-order chi connectivity index (χ1) is 7.96. The van der Waals surface area contributed by atoms with Crippen LogP contribution < -0.4 is 5.32 Å². The van der Waals surface area contributed by atoms with Crippen molar-refractivity contribution < 1.29 is 17.7 Å². The monoisotopic (exact) mass is 258 g/mol. The molecule has 0 aromatic carbocycles. The molecule has 0 spiro atoms. The lowest BCUT2D eigenvalue weighted by molar-refractivity contribution is 0.0939. The minimum absolute atomic E-state index is 0.0111. The number of amides is 1. The van der Waals surface area contributed by atoms with Gasteiger partial charge in [-0.1, -0.05) is 5.16 Å². The Bertz CT molecular complexity index is 520. The zero-order valence-electron chi connectivity index (χ0n) is 9.47. The smallest absolute Gasteiger partial charge is 0.273 e. The van der Waals surface area contributed by atoms with E-state index in [0.717, 1.165) is 0 Å². The fourth-order valence-electron chi connectivity index (χ4n) is 1.83. The zero-order chi connectivity index (χ0) is 12.5. The van der Waals surface area contributed by atoms with Crippen molar-refractivity contribution in [3.8, 4) is 0 Å². The molecule has 1 amide bonds. The average Bonchev–Trinajstić information content (AvgIpc) is 2.81. The Morgan fingerprint density at radius 2 is 2.41 bits per heavy atom. The van der Waals surface area contributed by atoms with Crippen LogP contribution in [0.3, 0.4) is 0 Å². The maximum absolute atomic E-state index is 11.6. The first-order valence-electron chi connectivity index (χ1n) is 5.38. The highest BCUT2D eigenvalue weighted by Crippen LogP contribution is 2.17. The van der Waals surface area contributed by atoms with Crippen molar-refractivity contribution in [1.29, 1.82) is 0 Å². The third-order valence-electron chi connectivity index (χ3n) is 2.74. The van der Waals surface area contributed by atoms with Gasteiger partial charge in [0.1, 0.15) is 5.76 Å². The van der Waals surface area contributed by atoms with E-state index in [0.29, 0.717) is 18.7 Å². The van der Waals surface area contributed by atoms with Crippen LogP contribution in [0, 0.1) is 12.8 Å². The summed E-state index contributed by atoms with van der Waals surface area (Å²) in [5, 5.41) is 6.25. The first kappa shape index (κ1) is 12.1. The van der Waals surface area contributed by atoms with Gasteiger partial charge in [0.05, 0.1) is 11.5 Å². The highest BCUT2D eigenvalue weighted by atomic mass is 32.2. The molecule has 0 saturated carbocycles. The van der Waals surface area contributed by atoms with Crippen molar-refractivity contribution in [1.82, 2.24) is 10.5 Å². The van der Waals surface area contributed by atoms with E-state index in [4.69, 9.17) is 4.52 Å². The van der Waals surface area contributed by atoms with Crippen LogP contribution in [0.2, 0.25) is 0 Å². The molecule has 1 unspecified atom stereocenters. The van der Waals surface area contributed by atoms with Gasteiger partial charge >= 0.3 is 0 Å². The summed E-state index contributed by atoms with van der Waals surface area (Å²) >= 11 is 0. The van der Waals surface area contributed by atoms with Crippen LogP contribution in [0.25, 0.3) is 0 Å². The van der Waals surface area contributed by atoms with Gasteiger partial charge in [-0.05, 0) is 19.3 Å². The van der Waals surface area contributed by atoms with E-state index in [1.165, 1.54) is 0 Å². The van der Waals surface area contributed by atoms with Crippen LogP contribution in [-0.4, -0.2) is 37.5 Å². The van der Waals surface area contributed by atoms with Gasteiger partial charge in [-0.15, -0.1) is 0 Å². The molecule has 2 heterocycles. The molecular weight excluding hydrogens is 244 g/mol. The van der Waals surface area contributed by atoms with E-state index < -0.39 is 9.84 Å². The molecule has 7 heteroatoms. The van der Waals surface area contributed by atoms with Crippen molar-refractivity contribution in [3.05, 3.63) is 17.5 Å². The predicted molar refractivity (Wildman–Crippen MR) is 60.3 cm³/mol. The molecule has 0 radical (unpaired) electrons. The number of carbonyl (C=O) groups excluding carboxylic acids is 1.